The molecule has 0 spiro atoms. The zero-order chi connectivity index (χ0) is 21.9. The van der Waals surface area contributed by atoms with Crippen molar-refractivity contribution in [2.45, 2.75) is 13.0 Å². The predicted octanol–water partition coefficient (Wildman–Crippen LogP) is 4.71. The summed E-state index contributed by atoms with van der Waals surface area (Å²) in [5, 5.41) is 5.05. The first-order valence-electron chi connectivity index (χ1n) is 10.7. The van der Waals surface area contributed by atoms with Crippen molar-refractivity contribution in [3.63, 3.8) is 0 Å². The van der Waals surface area contributed by atoms with Crippen molar-refractivity contribution in [1.82, 2.24) is 14.9 Å². The van der Waals surface area contributed by atoms with Crippen molar-refractivity contribution in [3.8, 4) is 0 Å². The highest BCUT2D eigenvalue weighted by Crippen LogP contribution is 2.24. The molecule has 5 heteroatoms. The predicted molar refractivity (Wildman–Crippen MR) is 127 cm³/mol. The molecule has 5 nitrogen and oxygen atoms in total. The van der Waals surface area contributed by atoms with E-state index >= 15 is 0 Å². The lowest BCUT2D eigenvalue weighted by Gasteiger charge is -2.07. The molecule has 0 aliphatic heterocycles. The SMILES string of the molecule is O=C(Cn1cc(C(=O)c2ccccc2)c2ccccc21)NCCc1c[nH]c2ccccc12. The molecule has 32 heavy (non-hydrogen) atoms. The Kier molecular flexibility index (Phi) is 5.30. The summed E-state index contributed by atoms with van der Waals surface area (Å²) in [6.07, 6.45) is 4.54. The van der Waals surface area contributed by atoms with E-state index in [9.17, 15) is 9.59 Å². The number of ketones is 1. The van der Waals surface area contributed by atoms with E-state index in [1.165, 1.54) is 10.9 Å². The smallest absolute Gasteiger partial charge is 0.239 e. The van der Waals surface area contributed by atoms with Crippen LogP contribution in [-0.2, 0) is 17.8 Å². The van der Waals surface area contributed by atoms with E-state index in [0.717, 1.165) is 22.8 Å². The Bertz CT molecular complexity index is 1410. The van der Waals surface area contributed by atoms with Crippen LogP contribution in [0.15, 0.2) is 91.3 Å². The molecule has 2 N–H and O–H groups in total. The fraction of sp³-hybridized carbons (Fsp3) is 0.111. The van der Waals surface area contributed by atoms with Gasteiger partial charge in [-0.15, -0.1) is 0 Å². The van der Waals surface area contributed by atoms with Crippen LogP contribution in [0.2, 0.25) is 0 Å². The lowest BCUT2D eigenvalue weighted by Crippen LogP contribution is -2.29. The van der Waals surface area contributed by atoms with E-state index < -0.39 is 0 Å². The lowest BCUT2D eigenvalue weighted by molar-refractivity contribution is -0.121. The minimum Gasteiger partial charge on any atom is -0.361 e. The van der Waals surface area contributed by atoms with Crippen molar-refractivity contribution in [1.29, 1.82) is 0 Å². The maximum atomic E-state index is 13.1. The van der Waals surface area contributed by atoms with Gasteiger partial charge in [0.15, 0.2) is 5.78 Å². The summed E-state index contributed by atoms with van der Waals surface area (Å²) in [6, 6.07) is 25.1. The van der Waals surface area contributed by atoms with Gasteiger partial charge < -0.3 is 14.9 Å². The van der Waals surface area contributed by atoms with Crippen LogP contribution >= 0.6 is 0 Å². The van der Waals surface area contributed by atoms with Crippen molar-refractivity contribution >= 4 is 33.5 Å². The molecule has 0 fully saturated rings. The van der Waals surface area contributed by atoms with E-state index in [0.29, 0.717) is 17.7 Å². The molecule has 5 rings (SSSR count). The number of hydrogen-bond acceptors (Lipinski definition) is 2. The van der Waals surface area contributed by atoms with Gasteiger partial charge in [0, 0.05) is 51.9 Å². The highest BCUT2D eigenvalue weighted by Gasteiger charge is 2.17. The average Bonchev–Trinajstić information content (AvgIpc) is 3.41. The standard InChI is InChI=1S/C27H23N3O2/c31-26(28-15-14-20-16-29-24-12-6-4-10-21(20)24)18-30-17-23(22-11-5-7-13-25(22)30)27(32)19-8-2-1-3-9-19/h1-13,16-17,29H,14-15,18H2,(H,28,31). The Hall–Kier alpha value is -4.12. The van der Waals surface area contributed by atoms with E-state index in [2.05, 4.69) is 16.4 Å². The zero-order valence-electron chi connectivity index (χ0n) is 17.5. The van der Waals surface area contributed by atoms with Gasteiger partial charge in [-0.1, -0.05) is 66.7 Å². The molecule has 0 aliphatic carbocycles. The molecule has 2 heterocycles. The largest absolute Gasteiger partial charge is 0.361 e. The van der Waals surface area contributed by atoms with E-state index in [1.807, 2.05) is 83.6 Å². The number of H-pyrrole nitrogens is 1. The number of carbonyl (C=O) groups excluding carboxylic acids is 2. The van der Waals surface area contributed by atoms with E-state index in [4.69, 9.17) is 0 Å². The summed E-state index contributed by atoms with van der Waals surface area (Å²) in [6.45, 7) is 0.714. The number of aromatic amines is 1. The third kappa shape index (κ3) is 3.81. The minimum absolute atomic E-state index is 0.0414. The molecule has 158 valence electrons. The number of para-hydroxylation sites is 2. The number of nitrogens with one attached hydrogen (secondary N) is 2. The normalized spacial score (nSPS) is 11.1. The molecular formula is C27H23N3O2. The lowest BCUT2D eigenvalue weighted by atomic mass is 10.0. The van der Waals surface area contributed by atoms with Gasteiger partial charge in [0.05, 0.1) is 0 Å². The van der Waals surface area contributed by atoms with Crippen LogP contribution in [0.5, 0.6) is 0 Å². The molecule has 0 bridgehead atoms. The molecule has 3 aromatic carbocycles. The highest BCUT2D eigenvalue weighted by molar-refractivity contribution is 6.16. The van der Waals surface area contributed by atoms with Crippen molar-refractivity contribution in [3.05, 3.63) is 108 Å². The van der Waals surface area contributed by atoms with Crippen molar-refractivity contribution < 1.29 is 9.59 Å². The number of hydrogen-bond donors (Lipinski definition) is 2. The number of aromatic nitrogens is 2. The van der Waals surface area contributed by atoms with Gasteiger partial charge in [-0.05, 0) is 24.1 Å². The summed E-state index contributed by atoms with van der Waals surface area (Å²) in [7, 11) is 0. The third-order valence-electron chi connectivity index (χ3n) is 5.77. The van der Waals surface area contributed by atoms with Gasteiger partial charge in [0.2, 0.25) is 5.91 Å². The van der Waals surface area contributed by atoms with Crippen molar-refractivity contribution in [2.75, 3.05) is 6.54 Å². The third-order valence-corrected chi connectivity index (χ3v) is 5.77. The number of nitrogens with zero attached hydrogens (tertiary/aromatic N) is 1. The first kappa shape index (κ1) is 19.8. The van der Waals surface area contributed by atoms with Crippen LogP contribution in [-0.4, -0.2) is 27.8 Å². The molecule has 1 amide bonds. The maximum absolute atomic E-state index is 13.1. The van der Waals surface area contributed by atoms with Crippen LogP contribution in [0.25, 0.3) is 21.8 Å². The van der Waals surface area contributed by atoms with Gasteiger partial charge in [-0.25, -0.2) is 0 Å². The van der Waals surface area contributed by atoms with Crippen LogP contribution in [0.4, 0.5) is 0 Å². The molecule has 5 aromatic rings. The Morgan fingerprint density at radius 3 is 2.41 bits per heavy atom. The fourth-order valence-electron chi connectivity index (χ4n) is 4.19. The van der Waals surface area contributed by atoms with Crippen LogP contribution in [0.1, 0.15) is 21.5 Å². The molecular weight excluding hydrogens is 398 g/mol. The number of fused-ring (bicyclic) bond motifs is 2. The first-order chi connectivity index (χ1) is 15.7. The van der Waals surface area contributed by atoms with Crippen LogP contribution < -0.4 is 5.32 Å². The Morgan fingerprint density at radius 2 is 1.56 bits per heavy atom. The summed E-state index contributed by atoms with van der Waals surface area (Å²) >= 11 is 0. The van der Waals surface area contributed by atoms with E-state index in [1.54, 1.807) is 6.20 Å². The second-order valence-electron chi connectivity index (χ2n) is 7.84. The van der Waals surface area contributed by atoms with Crippen LogP contribution in [0, 0.1) is 0 Å². The summed E-state index contributed by atoms with van der Waals surface area (Å²) in [5.41, 5.74) is 4.40. The van der Waals surface area contributed by atoms with Gasteiger partial charge in [-0.3, -0.25) is 9.59 Å². The maximum Gasteiger partial charge on any atom is 0.239 e. The van der Waals surface area contributed by atoms with Gasteiger partial charge in [0.1, 0.15) is 6.54 Å². The molecule has 0 radical (unpaired) electrons. The molecule has 0 saturated carbocycles. The first-order valence-corrected chi connectivity index (χ1v) is 10.7. The number of benzene rings is 3. The quantitative estimate of drug-likeness (QED) is 0.374. The van der Waals surface area contributed by atoms with Crippen molar-refractivity contribution in [2.24, 2.45) is 0 Å². The summed E-state index contributed by atoms with van der Waals surface area (Å²) in [4.78, 5) is 29.0. The molecule has 0 atom stereocenters. The zero-order valence-corrected chi connectivity index (χ0v) is 17.5. The summed E-state index contributed by atoms with van der Waals surface area (Å²) in [5.74, 6) is -0.121. The van der Waals surface area contributed by atoms with Gasteiger partial charge >= 0.3 is 0 Å². The summed E-state index contributed by atoms with van der Waals surface area (Å²) < 4.78 is 1.85. The molecule has 0 unspecified atom stereocenters. The topological polar surface area (TPSA) is 66.9 Å². The second-order valence-corrected chi connectivity index (χ2v) is 7.84. The Labute approximate surface area is 185 Å². The Balaban J connectivity index is 1.30. The number of carbonyl (C=O) groups is 2. The molecule has 2 aromatic heterocycles. The highest BCUT2D eigenvalue weighted by atomic mass is 16.2. The van der Waals surface area contributed by atoms with E-state index in [-0.39, 0.29) is 18.2 Å². The number of amides is 1. The monoisotopic (exact) mass is 421 g/mol. The molecule has 0 aliphatic rings. The van der Waals surface area contributed by atoms with Crippen LogP contribution in [0.3, 0.4) is 0 Å². The number of rotatable bonds is 7. The van der Waals surface area contributed by atoms with Gasteiger partial charge in [-0.2, -0.15) is 0 Å². The minimum atomic E-state index is -0.0793. The second kappa shape index (κ2) is 8.55. The Morgan fingerprint density at radius 1 is 0.844 bits per heavy atom. The average molecular weight is 422 g/mol. The fourth-order valence-corrected chi connectivity index (χ4v) is 4.19. The van der Waals surface area contributed by atoms with Gasteiger partial charge in [0.25, 0.3) is 0 Å². The molecule has 0 saturated heterocycles.